The van der Waals surface area contributed by atoms with Gasteiger partial charge in [0, 0.05) is 95.6 Å². The highest BCUT2D eigenvalue weighted by molar-refractivity contribution is 5.76. The molecule has 0 spiro atoms. The number of benzene rings is 1. The second-order valence-corrected chi connectivity index (χ2v) is 22.2. The molecule has 78 heavy (non-hydrogen) atoms. The van der Waals surface area contributed by atoms with Crippen LogP contribution in [0.25, 0.3) is 11.3 Å². The molecule has 6 heterocycles. The maximum absolute atomic E-state index is 12.1. The Morgan fingerprint density at radius 3 is 1.73 bits per heavy atom. The first kappa shape index (κ1) is 67.6. The highest BCUT2D eigenvalue weighted by Gasteiger charge is 2.26. The van der Waals surface area contributed by atoms with Crippen LogP contribution in [0.5, 0.6) is 0 Å². The topological polar surface area (TPSA) is 274 Å². The lowest BCUT2D eigenvalue weighted by atomic mass is 9.92. The van der Waals surface area contributed by atoms with Crippen LogP contribution in [-0.2, 0) is 19.2 Å². The minimum absolute atomic E-state index is 0.00778. The lowest BCUT2D eigenvalue weighted by Gasteiger charge is -2.33. The van der Waals surface area contributed by atoms with Crippen LogP contribution >= 0.6 is 0 Å². The van der Waals surface area contributed by atoms with Crippen LogP contribution in [0.1, 0.15) is 103 Å². The van der Waals surface area contributed by atoms with Crippen molar-refractivity contribution < 1.29 is 34.5 Å². The monoisotopic (exact) mass is 1100 g/mol. The molecule has 1 aliphatic carbocycles. The fourth-order valence-electron chi connectivity index (χ4n) is 10.6. The van der Waals surface area contributed by atoms with Gasteiger partial charge in [0.05, 0.1) is 24.5 Å². The number of hydrogen-bond donors (Lipinski definition) is 9. The van der Waals surface area contributed by atoms with E-state index < -0.39 is 11.9 Å². The number of carboxylic acids is 2. The summed E-state index contributed by atoms with van der Waals surface area (Å²) in [6, 6.07) is 11.2. The highest BCUT2D eigenvalue weighted by atomic mass is 16.4. The van der Waals surface area contributed by atoms with E-state index in [-0.39, 0.29) is 23.5 Å². The second-order valence-electron chi connectivity index (χ2n) is 22.2. The summed E-state index contributed by atoms with van der Waals surface area (Å²) in [7, 11) is 10.2. The number of aromatic nitrogens is 2. The van der Waals surface area contributed by atoms with Gasteiger partial charge in [-0.3, -0.25) is 33.5 Å². The van der Waals surface area contributed by atoms with Gasteiger partial charge in [-0.2, -0.15) is 0 Å². The van der Waals surface area contributed by atoms with Gasteiger partial charge in [-0.25, -0.2) is 4.79 Å². The SMILES string of the molecule is C=C(O)[C@H]1CCC(NC)C1.CCCCN1CCN(CC(N)=O)CC1.CN1CCC(CCCC(=O)O)CC1.CN1CCC(n2cc(-c3ccccc3)[nH]c2=O)CC1.CN1CCNC(C(=O)O)C1.CNC1CCN(CC(N)=O)CC1. The molecule has 2 amide bonds. The maximum atomic E-state index is 12.1. The number of primary amides is 2. The molecule has 2 aromatic rings. The Labute approximate surface area is 466 Å². The molecule has 5 aliphatic heterocycles. The average molecular weight is 1100 g/mol. The molecule has 6 fully saturated rings. The van der Waals surface area contributed by atoms with Crippen molar-refractivity contribution in [2.45, 2.75) is 121 Å². The van der Waals surface area contributed by atoms with Crippen LogP contribution in [0.3, 0.4) is 0 Å². The molecule has 6 aliphatic rings. The summed E-state index contributed by atoms with van der Waals surface area (Å²) < 4.78 is 1.87. The summed E-state index contributed by atoms with van der Waals surface area (Å²) in [5, 5.41) is 35.4. The number of aromatic amines is 1. The minimum Gasteiger partial charge on any atom is -0.513 e. The summed E-state index contributed by atoms with van der Waals surface area (Å²) in [6.45, 7) is 20.6. The first-order chi connectivity index (χ1) is 37.3. The number of aliphatic hydroxyl groups is 1. The Balaban J connectivity index is 0.000000250. The molecule has 2 unspecified atom stereocenters. The predicted octanol–water partition coefficient (Wildman–Crippen LogP) is 3.16. The van der Waals surface area contributed by atoms with Crippen molar-refractivity contribution >= 4 is 23.8 Å². The number of nitrogens with one attached hydrogen (secondary N) is 4. The zero-order chi connectivity index (χ0) is 57.4. The van der Waals surface area contributed by atoms with Gasteiger partial charge in [-0.1, -0.05) is 50.3 Å². The molecule has 444 valence electrons. The molecule has 0 bridgehead atoms. The molecule has 0 radical (unpaired) electrons. The number of piperazine rings is 2. The van der Waals surface area contributed by atoms with E-state index in [2.05, 4.69) is 73.0 Å². The molecule has 21 nitrogen and oxygen atoms in total. The number of rotatable bonds is 17. The van der Waals surface area contributed by atoms with Gasteiger partial charge in [0.1, 0.15) is 6.04 Å². The number of nitrogens with zero attached hydrogens (tertiary/aromatic N) is 7. The van der Waals surface area contributed by atoms with E-state index in [0.717, 1.165) is 134 Å². The normalized spacial score (nSPS) is 22.3. The minimum atomic E-state index is -0.758. The number of amides is 2. The van der Waals surface area contributed by atoms with Gasteiger partial charge >= 0.3 is 17.6 Å². The van der Waals surface area contributed by atoms with Crippen molar-refractivity contribution in [1.29, 1.82) is 0 Å². The van der Waals surface area contributed by atoms with Crippen molar-refractivity contribution in [2.24, 2.45) is 23.3 Å². The van der Waals surface area contributed by atoms with Crippen LogP contribution in [0.4, 0.5) is 0 Å². The van der Waals surface area contributed by atoms with E-state index in [0.29, 0.717) is 55.9 Å². The third-order valence-corrected chi connectivity index (χ3v) is 15.8. The molecule has 21 heteroatoms. The van der Waals surface area contributed by atoms with E-state index in [1.807, 2.05) is 67.1 Å². The Morgan fingerprint density at radius 2 is 1.26 bits per heavy atom. The second kappa shape index (κ2) is 38.0. The van der Waals surface area contributed by atoms with Crippen molar-refractivity contribution in [2.75, 3.05) is 140 Å². The van der Waals surface area contributed by atoms with Gasteiger partial charge < -0.3 is 67.3 Å². The quantitative estimate of drug-likeness (QED) is 0.103. The number of carbonyl (C=O) groups excluding carboxylic acids is 2. The number of likely N-dealkylation sites (N-methyl/N-ethyl adjacent to an activating group) is 1. The number of aliphatic hydroxyl groups excluding tert-OH is 1. The third kappa shape index (κ3) is 27.9. The van der Waals surface area contributed by atoms with Crippen molar-refractivity contribution in [3.8, 4) is 11.3 Å². The summed E-state index contributed by atoms with van der Waals surface area (Å²) in [4.78, 5) is 70.4. The van der Waals surface area contributed by atoms with E-state index in [1.54, 1.807) is 0 Å². The standard InChI is InChI=1S/C15H19N3O.C10H21N3O.C10H19NO2.C8H17N3O.C8H15NO.C6H12N2O2/c1-17-9-7-13(8-10-17)18-11-14(16-15(18)19)12-5-3-2-4-6-12;1-2-3-4-12-5-7-13(8-6-12)9-10(11)14;1-11-7-5-9(6-8-11)3-2-4-10(12)13;1-10-7-2-4-11(5-3-7)6-8(9)12;1-6(10)7-3-4-8(5-7)9-2;1-8-3-2-7-5(4-8)6(9)10/h2-6,11,13H,7-10H2,1H3,(H,16,19);2-9H2,1H3,(H2,11,14);9H,2-8H2,1H3,(H,12,13);7,10H,2-6H2,1H3,(H2,9,12);7-10H,1,3-5H2,2H3;5,7H,2-4H2,1H3,(H,9,10)/t;;;;7-,8?;/m....0./s1. The Bertz CT molecular complexity index is 2040. The molecular formula is C57H103N13O8. The van der Waals surface area contributed by atoms with E-state index >= 15 is 0 Å². The zero-order valence-electron chi connectivity index (χ0n) is 48.5. The molecule has 1 aromatic carbocycles. The Morgan fingerprint density at radius 1 is 0.692 bits per heavy atom. The van der Waals surface area contributed by atoms with Gasteiger partial charge in [-0.15, -0.1) is 0 Å². The summed E-state index contributed by atoms with van der Waals surface area (Å²) in [6.07, 6.45) is 16.9. The van der Waals surface area contributed by atoms with Crippen molar-refractivity contribution in [3.05, 3.63) is 59.4 Å². The van der Waals surface area contributed by atoms with Gasteiger partial charge in [0.2, 0.25) is 11.8 Å². The van der Waals surface area contributed by atoms with Gasteiger partial charge in [-0.05, 0) is 156 Å². The number of unbranched alkanes of at least 4 members (excludes halogenated alkanes) is 1. The number of allylic oxidation sites excluding steroid dienone is 1. The molecule has 3 atom stereocenters. The first-order valence-electron chi connectivity index (χ1n) is 28.9. The molecule has 11 N–H and O–H groups in total. The van der Waals surface area contributed by atoms with E-state index in [1.165, 1.54) is 51.7 Å². The largest absolute Gasteiger partial charge is 0.513 e. The van der Waals surface area contributed by atoms with Crippen molar-refractivity contribution in [3.63, 3.8) is 0 Å². The van der Waals surface area contributed by atoms with Crippen LogP contribution in [-0.4, -0.2) is 236 Å². The summed E-state index contributed by atoms with van der Waals surface area (Å²) >= 11 is 0. The van der Waals surface area contributed by atoms with Crippen molar-refractivity contribution in [1.82, 2.24) is 54.9 Å². The third-order valence-electron chi connectivity index (χ3n) is 15.8. The number of nitrogens with two attached hydrogens (primary N) is 2. The number of likely N-dealkylation sites (tertiary alicyclic amines) is 3. The lowest BCUT2D eigenvalue weighted by molar-refractivity contribution is -0.140. The summed E-state index contributed by atoms with van der Waals surface area (Å²) in [5.74, 6) is -0.379. The first-order valence-corrected chi connectivity index (χ1v) is 28.9. The van der Waals surface area contributed by atoms with E-state index in [4.69, 9.17) is 26.8 Å². The number of piperidine rings is 3. The van der Waals surface area contributed by atoms with E-state index in [9.17, 15) is 24.0 Å². The van der Waals surface area contributed by atoms with Gasteiger partial charge in [0.15, 0.2) is 0 Å². The fraction of sp³-hybridized carbons (Fsp3) is 0.737. The van der Waals surface area contributed by atoms with Crippen LogP contribution in [0, 0.1) is 11.8 Å². The zero-order valence-corrected chi connectivity index (χ0v) is 48.5. The summed E-state index contributed by atoms with van der Waals surface area (Å²) in [5.41, 5.74) is 12.2. The molecule has 1 aromatic heterocycles. The number of H-pyrrole nitrogens is 1. The number of hydrogen-bond acceptors (Lipinski definition) is 15. The van der Waals surface area contributed by atoms with Crippen LogP contribution in [0.15, 0.2) is 53.7 Å². The van der Waals surface area contributed by atoms with Crippen LogP contribution < -0.4 is 33.1 Å². The van der Waals surface area contributed by atoms with Crippen LogP contribution in [0.2, 0.25) is 0 Å². The number of imidazole rings is 1. The Kier molecular flexibility index (Phi) is 32.9. The number of carboxylic acid groups (broad SMARTS) is 2. The highest BCUT2D eigenvalue weighted by Crippen LogP contribution is 2.29. The smallest absolute Gasteiger partial charge is 0.326 e. The maximum Gasteiger partial charge on any atom is 0.326 e. The number of aliphatic carboxylic acids is 2. The molecule has 1 saturated carbocycles. The van der Waals surface area contributed by atoms with Gasteiger partial charge in [0.25, 0.3) is 0 Å². The number of carbonyl (C=O) groups is 4. The molecule has 8 rings (SSSR count). The Hall–Kier alpha value is -4.71. The molecular weight excluding hydrogens is 995 g/mol. The average Bonchev–Trinajstić information content (AvgIpc) is 4.08. The fourth-order valence-corrected chi connectivity index (χ4v) is 10.6. The lowest BCUT2D eigenvalue weighted by Crippen LogP contribution is -2.52. The molecule has 5 saturated heterocycles. The predicted molar refractivity (Wildman–Crippen MR) is 312 cm³/mol.